The van der Waals surface area contributed by atoms with Gasteiger partial charge in [-0.2, -0.15) is 0 Å². The van der Waals surface area contributed by atoms with Crippen molar-refractivity contribution in [2.24, 2.45) is 11.8 Å². The highest BCUT2D eigenvalue weighted by molar-refractivity contribution is 5.86. The van der Waals surface area contributed by atoms with Gasteiger partial charge in [-0.3, -0.25) is 4.79 Å². The number of carbonyl (C=O) groups is 1. The lowest BCUT2D eigenvalue weighted by molar-refractivity contribution is -0.124. The average molecular weight is 235 g/mol. The molecule has 4 heteroatoms. The fourth-order valence-electron chi connectivity index (χ4n) is 2.26. The predicted octanol–water partition coefficient (Wildman–Crippen LogP) is 1.13. The van der Waals surface area contributed by atoms with Crippen LogP contribution in [0.4, 0.5) is 0 Å². The van der Waals surface area contributed by atoms with E-state index in [1.807, 2.05) is 28.2 Å². The summed E-state index contributed by atoms with van der Waals surface area (Å²) in [6.45, 7) is 1.84. The van der Waals surface area contributed by atoms with Gasteiger partial charge < -0.3 is 9.80 Å². The van der Waals surface area contributed by atoms with E-state index in [0.29, 0.717) is 5.78 Å². The van der Waals surface area contributed by atoms with E-state index in [2.05, 4.69) is 9.80 Å². The van der Waals surface area contributed by atoms with Crippen molar-refractivity contribution in [1.82, 2.24) is 9.80 Å². The molecule has 0 N–H and O–H groups in total. The summed E-state index contributed by atoms with van der Waals surface area (Å²) in [5, 5.41) is 0. The van der Waals surface area contributed by atoms with Gasteiger partial charge in [0.05, 0.1) is 0 Å². The fourth-order valence-corrected chi connectivity index (χ4v) is 2.26. The van der Waals surface area contributed by atoms with Gasteiger partial charge >= 0.3 is 0 Å². The van der Waals surface area contributed by atoms with Crippen LogP contribution in [0.3, 0.4) is 0 Å². The molecule has 1 aliphatic rings. The zero-order chi connectivity index (χ0) is 10.7. The fraction of sp³-hybridized carbons (Fsp3) is 0.909. The molecule has 0 amide bonds. The van der Waals surface area contributed by atoms with Gasteiger partial charge in [-0.15, -0.1) is 12.4 Å². The van der Waals surface area contributed by atoms with Crippen molar-refractivity contribution >= 4 is 18.2 Å². The second-order valence-electron chi connectivity index (χ2n) is 4.90. The Bertz CT molecular complexity index is 187. The Balaban J connectivity index is 0.00000196. The molecule has 0 aromatic carbocycles. The number of nitrogens with zero attached hydrogens (tertiary/aromatic N) is 2. The molecule has 1 fully saturated rings. The maximum atomic E-state index is 11.9. The third-order valence-electron chi connectivity index (χ3n) is 2.84. The minimum absolute atomic E-state index is 0. The minimum atomic E-state index is 0. The van der Waals surface area contributed by atoms with Crippen LogP contribution in [0.15, 0.2) is 0 Å². The largest absolute Gasteiger partial charge is 0.309 e. The van der Waals surface area contributed by atoms with Crippen LogP contribution in [0.1, 0.15) is 12.8 Å². The minimum Gasteiger partial charge on any atom is -0.309 e. The van der Waals surface area contributed by atoms with E-state index < -0.39 is 0 Å². The quantitative estimate of drug-likeness (QED) is 0.729. The number of carbonyl (C=O) groups excluding carboxylic acids is 1. The molecule has 1 aliphatic carbocycles. The average Bonchev–Trinajstić information content (AvgIpc) is 2.34. The van der Waals surface area contributed by atoms with Crippen LogP contribution in [-0.2, 0) is 4.79 Å². The van der Waals surface area contributed by atoms with Gasteiger partial charge in [0, 0.05) is 24.9 Å². The Hall–Kier alpha value is -0.120. The van der Waals surface area contributed by atoms with Crippen LogP contribution in [0.5, 0.6) is 0 Å². The van der Waals surface area contributed by atoms with Crippen LogP contribution in [-0.4, -0.2) is 56.9 Å². The molecule has 0 aromatic rings. The number of rotatable bonds is 4. The molecule has 1 rings (SSSR count). The monoisotopic (exact) mass is 234 g/mol. The molecule has 0 saturated heterocycles. The van der Waals surface area contributed by atoms with E-state index in [0.717, 1.165) is 25.9 Å². The smallest absolute Gasteiger partial charge is 0.141 e. The van der Waals surface area contributed by atoms with Crippen molar-refractivity contribution in [3.8, 4) is 0 Å². The van der Waals surface area contributed by atoms with E-state index in [1.165, 1.54) is 0 Å². The molecule has 1 saturated carbocycles. The molecule has 3 nitrogen and oxygen atoms in total. The summed E-state index contributed by atoms with van der Waals surface area (Å²) in [5.41, 5.74) is 0. The van der Waals surface area contributed by atoms with E-state index in [-0.39, 0.29) is 24.2 Å². The number of hydrogen-bond donors (Lipinski definition) is 0. The molecule has 0 unspecified atom stereocenters. The summed E-state index contributed by atoms with van der Waals surface area (Å²) in [6.07, 6.45) is 2.16. The van der Waals surface area contributed by atoms with Gasteiger partial charge in [0.15, 0.2) is 0 Å². The molecular formula is C11H23ClN2O. The molecule has 0 bridgehead atoms. The number of hydrogen-bond acceptors (Lipinski definition) is 3. The molecule has 0 aliphatic heterocycles. The van der Waals surface area contributed by atoms with Crippen LogP contribution >= 0.6 is 12.4 Å². The second kappa shape index (κ2) is 6.46. The summed E-state index contributed by atoms with van der Waals surface area (Å²) < 4.78 is 0. The first kappa shape index (κ1) is 14.9. The van der Waals surface area contributed by atoms with Crippen LogP contribution in [0.2, 0.25) is 0 Å². The lowest BCUT2D eigenvalue weighted by Crippen LogP contribution is -2.30. The maximum absolute atomic E-state index is 11.9. The summed E-state index contributed by atoms with van der Waals surface area (Å²) >= 11 is 0. The van der Waals surface area contributed by atoms with Gasteiger partial charge in [-0.1, -0.05) is 0 Å². The predicted molar refractivity (Wildman–Crippen MR) is 65.6 cm³/mol. The third-order valence-corrected chi connectivity index (χ3v) is 2.84. The van der Waals surface area contributed by atoms with Crippen molar-refractivity contribution in [1.29, 1.82) is 0 Å². The Morgan fingerprint density at radius 2 is 1.33 bits per heavy atom. The molecule has 0 heterocycles. The van der Waals surface area contributed by atoms with E-state index in [9.17, 15) is 4.79 Å². The summed E-state index contributed by atoms with van der Waals surface area (Å²) in [4.78, 5) is 16.1. The third kappa shape index (κ3) is 4.49. The first-order valence-electron chi connectivity index (χ1n) is 5.34. The van der Waals surface area contributed by atoms with Crippen molar-refractivity contribution in [3.63, 3.8) is 0 Å². The van der Waals surface area contributed by atoms with Crippen LogP contribution in [0.25, 0.3) is 0 Å². The highest BCUT2D eigenvalue weighted by Gasteiger charge is 2.34. The molecule has 0 spiro atoms. The lowest BCUT2D eigenvalue weighted by Gasteiger charge is -2.17. The topological polar surface area (TPSA) is 23.6 Å². The zero-order valence-corrected chi connectivity index (χ0v) is 11.0. The number of ketones is 1. The van der Waals surface area contributed by atoms with E-state index in [4.69, 9.17) is 0 Å². The molecule has 0 aromatic heterocycles. The standard InChI is InChI=1S/C11H22N2O.ClH/c1-12(2)7-9-5-6-10(11(9)14)8-13(3)4;/h9-10H,5-8H2,1-4H3;1H/t9-,10+;. The molecular weight excluding hydrogens is 212 g/mol. The zero-order valence-electron chi connectivity index (χ0n) is 10.2. The second-order valence-corrected chi connectivity index (χ2v) is 4.90. The van der Waals surface area contributed by atoms with Crippen molar-refractivity contribution in [3.05, 3.63) is 0 Å². The molecule has 2 atom stereocenters. The lowest BCUT2D eigenvalue weighted by atomic mass is 10.0. The molecule has 15 heavy (non-hydrogen) atoms. The Morgan fingerprint density at radius 3 is 1.60 bits per heavy atom. The first-order chi connectivity index (χ1) is 6.50. The molecule has 0 radical (unpaired) electrons. The highest BCUT2D eigenvalue weighted by atomic mass is 35.5. The molecule has 90 valence electrons. The Morgan fingerprint density at radius 1 is 1.00 bits per heavy atom. The van der Waals surface area contributed by atoms with Crippen molar-refractivity contribution < 1.29 is 4.79 Å². The highest BCUT2D eigenvalue weighted by Crippen LogP contribution is 2.27. The van der Waals surface area contributed by atoms with Gasteiger partial charge in [-0.05, 0) is 41.0 Å². The summed E-state index contributed by atoms with van der Waals surface area (Å²) in [7, 11) is 8.14. The normalized spacial score (nSPS) is 26.1. The van der Waals surface area contributed by atoms with Crippen LogP contribution < -0.4 is 0 Å². The van der Waals surface area contributed by atoms with Crippen molar-refractivity contribution in [2.75, 3.05) is 41.3 Å². The van der Waals surface area contributed by atoms with Crippen molar-refractivity contribution in [2.45, 2.75) is 12.8 Å². The Kier molecular flexibility index (Phi) is 6.41. The SMILES string of the molecule is CN(C)C[C@H]1CC[C@@H](CN(C)C)C1=O.Cl. The van der Waals surface area contributed by atoms with Crippen LogP contribution in [0, 0.1) is 11.8 Å². The summed E-state index contributed by atoms with van der Waals surface area (Å²) in [6, 6.07) is 0. The van der Waals surface area contributed by atoms with E-state index >= 15 is 0 Å². The maximum Gasteiger partial charge on any atom is 0.141 e. The van der Waals surface area contributed by atoms with Gasteiger partial charge in [0.25, 0.3) is 0 Å². The van der Waals surface area contributed by atoms with E-state index in [1.54, 1.807) is 0 Å². The Labute approximate surface area is 99.2 Å². The summed E-state index contributed by atoms with van der Waals surface area (Å²) in [5.74, 6) is 1.05. The van der Waals surface area contributed by atoms with Gasteiger partial charge in [-0.25, -0.2) is 0 Å². The number of halogens is 1. The number of Topliss-reactive ketones (excluding diaryl/α,β-unsaturated/α-hetero) is 1. The van der Waals surface area contributed by atoms with Gasteiger partial charge in [0.2, 0.25) is 0 Å². The first-order valence-corrected chi connectivity index (χ1v) is 5.34. The van der Waals surface area contributed by atoms with Gasteiger partial charge in [0.1, 0.15) is 5.78 Å².